The van der Waals surface area contributed by atoms with Crippen molar-refractivity contribution in [3.05, 3.63) is 41.5 Å². The molecule has 0 atom stereocenters. The van der Waals surface area contributed by atoms with Gasteiger partial charge >= 0.3 is 5.97 Å². The van der Waals surface area contributed by atoms with E-state index < -0.39 is 11.8 Å². The minimum Gasteiger partial charge on any atom is -0.478 e. The average molecular weight is 276 g/mol. The summed E-state index contributed by atoms with van der Waals surface area (Å²) in [5.41, 5.74) is 1.55. The number of carbonyl (C=O) groups is 1. The smallest absolute Gasteiger partial charge is 0.338 e. The van der Waals surface area contributed by atoms with Gasteiger partial charge in [-0.1, -0.05) is 19.9 Å². The first-order valence-corrected chi connectivity index (χ1v) is 6.44. The van der Waals surface area contributed by atoms with E-state index in [2.05, 4.69) is 18.9 Å². The second-order valence-corrected chi connectivity index (χ2v) is 5.30. The van der Waals surface area contributed by atoms with Gasteiger partial charge in [-0.05, 0) is 30.0 Å². The molecule has 106 valence electrons. The molecular weight excluding hydrogens is 259 g/mol. The van der Waals surface area contributed by atoms with E-state index in [1.807, 2.05) is 6.20 Å². The van der Waals surface area contributed by atoms with Crippen molar-refractivity contribution in [2.45, 2.75) is 27.3 Å². The van der Waals surface area contributed by atoms with Crippen LogP contribution in [0.1, 0.15) is 29.8 Å². The number of carboxylic acids is 1. The molecule has 2 aromatic rings. The van der Waals surface area contributed by atoms with Crippen molar-refractivity contribution in [3.63, 3.8) is 0 Å². The van der Waals surface area contributed by atoms with E-state index in [9.17, 15) is 9.18 Å². The Morgan fingerprint density at radius 2 is 2.10 bits per heavy atom. The number of aromatic nitrogens is 2. The Hall–Kier alpha value is -2.17. The quantitative estimate of drug-likeness (QED) is 0.931. The van der Waals surface area contributed by atoms with Crippen LogP contribution in [0.25, 0.3) is 11.1 Å². The summed E-state index contributed by atoms with van der Waals surface area (Å²) in [6.07, 6.45) is 3.51. The maximum Gasteiger partial charge on any atom is 0.338 e. The van der Waals surface area contributed by atoms with Gasteiger partial charge in [0.05, 0.1) is 11.8 Å². The lowest BCUT2D eigenvalue weighted by Crippen LogP contribution is -2.04. The number of nitrogens with zero attached hydrogens (tertiary/aromatic N) is 2. The molecule has 20 heavy (non-hydrogen) atoms. The molecule has 0 unspecified atom stereocenters. The first-order chi connectivity index (χ1) is 9.38. The van der Waals surface area contributed by atoms with Gasteiger partial charge in [0.25, 0.3) is 0 Å². The van der Waals surface area contributed by atoms with E-state index in [4.69, 9.17) is 5.11 Å². The van der Waals surface area contributed by atoms with Gasteiger partial charge in [0.15, 0.2) is 0 Å². The summed E-state index contributed by atoms with van der Waals surface area (Å²) in [4.78, 5) is 11.0. The zero-order valence-electron chi connectivity index (χ0n) is 11.7. The molecule has 0 amide bonds. The summed E-state index contributed by atoms with van der Waals surface area (Å²) >= 11 is 0. The lowest BCUT2D eigenvalue weighted by molar-refractivity contribution is 0.0691. The highest BCUT2D eigenvalue weighted by atomic mass is 19.1. The van der Waals surface area contributed by atoms with E-state index in [-0.39, 0.29) is 5.56 Å². The van der Waals surface area contributed by atoms with Crippen molar-refractivity contribution in [2.24, 2.45) is 5.92 Å². The molecule has 0 aliphatic heterocycles. The van der Waals surface area contributed by atoms with Crippen molar-refractivity contribution in [3.8, 4) is 11.1 Å². The van der Waals surface area contributed by atoms with Gasteiger partial charge in [-0.3, -0.25) is 4.68 Å². The monoisotopic (exact) mass is 276 g/mol. The number of aromatic carboxylic acids is 1. The molecule has 2 rings (SSSR count). The van der Waals surface area contributed by atoms with Crippen LogP contribution in [0.15, 0.2) is 24.5 Å². The highest BCUT2D eigenvalue weighted by Gasteiger charge is 2.16. The number of rotatable bonds is 4. The summed E-state index contributed by atoms with van der Waals surface area (Å²) in [6.45, 7) is 6.56. The van der Waals surface area contributed by atoms with E-state index in [0.29, 0.717) is 17.0 Å². The molecule has 0 saturated carbocycles. The lowest BCUT2D eigenvalue weighted by Gasteiger charge is -2.06. The first-order valence-electron chi connectivity index (χ1n) is 6.44. The average Bonchev–Trinajstić information content (AvgIpc) is 2.74. The number of aryl methyl sites for hydroxylation is 1. The Kier molecular flexibility index (Phi) is 3.88. The minimum absolute atomic E-state index is 0.275. The number of hydrogen-bond acceptors (Lipinski definition) is 2. The van der Waals surface area contributed by atoms with E-state index in [1.54, 1.807) is 23.9 Å². The van der Waals surface area contributed by atoms with Crippen LogP contribution in [-0.4, -0.2) is 20.9 Å². The fourth-order valence-corrected chi connectivity index (χ4v) is 2.17. The normalized spacial score (nSPS) is 11.1. The molecule has 0 aliphatic carbocycles. The highest BCUT2D eigenvalue weighted by molar-refractivity contribution is 5.90. The summed E-state index contributed by atoms with van der Waals surface area (Å²) < 4.78 is 15.7. The van der Waals surface area contributed by atoms with Crippen LogP contribution < -0.4 is 0 Å². The van der Waals surface area contributed by atoms with Crippen LogP contribution >= 0.6 is 0 Å². The lowest BCUT2D eigenvalue weighted by atomic mass is 10.0. The van der Waals surface area contributed by atoms with E-state index in [1.165, 1.54) is 6.07 Å². The molecule has 0 aliphatic rings. The Labute approximate surface area is 116 Å². The predicted octanol–water partition coefficient (Wildman–Crippen LogP) is 3.35. The minimum atomic E-state index is -1.25. The summed E-state index contributed by atoms with van der Waals surface area (Å²) in [5, 5.41) is 13.2. The van der Waals surface area contributed by atoms with Gasteiger partial charge < -0.3 is 5.11 Å². The van der Waals surface area contributed by atoms with Crippen LogP contribution in [0.3, 0.4) is 0 Å². The Bertz CT molecular complexity index is 624. The maximum atomic E-state index is 13.9. The molecule has 5 heteroatoms. The van der Waals surface area contributed by atoms with E-state index >= 15 is 0 Å². The number of halogens is 1. The van der Waals surface area contributed by atoms with Gasteiger partial charge in [-0.25, -0.2) is 9.18 Å². The Morgan fingerprint density at radius 3 is 2.65 bits per heavy atom. The number of benzene rings is 1. The predicted molar refractivity (Wildman–Crippen MR) is 74.2 cm³/mol. The van der Waals surface area contributed by atoms with Crippen molar-refractivity contribution >= 4 is 5.97 Å². The molecule has 0 fully saturated rings. The largest absolute Gasteiger partial charge is 0.478 e. The zero-order chi connectivity index (χ0) is 14.9. The highest BCUT2D eigenvalue weighted by Crippen LogP contribution is 2.24. The standard InChI is InChI=1S/C15H17FN2O2/c1-9(2)7-18-8-12(6-17-18)11-4-10(3)14(15(19)20)13(16)5-11/h4-6,8-9H,7H2,1-3H3,(H,19,20). The van der Waals surface area contributed by atoms with Crippen molar-refractivity contribution < 1.29 is 14.3 Å². The fraction of sp³-hybridized carbons (Fsp3) is 0.333. The van der Waals surface area contributed by atoms with Crippen LogP contribution in [0.5, 0.6) is 0 Å². The van der Waals surface area contributed by atoms with Gasteiger partial charge in [0, 0.05) is 18.3 Å². The maximum absolute atomic E-state index is 13.9. The third kappa shape index (κ3) is 2.87. The second-order valence-electron chi connectivity index (χ2n) is 5.30. The third-order valence-corrected chi connectivity index (χ3v) is 3.02. The molecule has 4 nitrogen and oxygen atoms in total. The van der Waals surface area contributed by atoms with Crippen LogP contribution in [0, 0.1) is 18.7 Å². The molecule has 1 heterocycles. The van der Waals surface area contributed by atoms with Crippen molar-refractivity contribution in [1.29, 1.82) is 0 Å². The summed E-state index contributed by atoms with van der Waals surface area (Å²) in [5.74, 6) is -1.50. The van der Waals surface area contributed by atoms with Gasteiger partial charge in [0.1, 0.15) is 5.82 Å². The fourth-order valence-electron chi connectivity index (χ4n) is 2.17. The second kappa shape index (κ2) is 5.45. The molecule has 1 aromatic heterocycles. The SMILES string of the molecule is Cc1cc(-c2cnn(CC(C)C)c2)cc(F)c1C(=O)O. The number of hydrogen-bond donors (Lipinski definition) is 1. The van der Waals surface area contributed by atoms with Crippen molar-refractivity contribution in [1.82, 2.24) is 9.78 Å². The molecule has 0 saturated heterocycles. The first kappa shape index (κ1) is 14.2. The summed E-state index contributed by atoms with van der Waals surface area (Å²) in [7, 11) is 0. The van der Waals surface area contributed by atoms with Crippen LogP contribution in [-0.2, 0) is 6.54 Å². The Balaban J connectivity index is 2.39. The third-order valence-electron chi connectivity index (χ3n) is 3.02. The van der Waals surface area contributed by atoms with Gasteiger partial charge in [0.2, 0.25) is 0 Å². The van der Waals surface area contributed by atoms with Gasteiger partial charge in [-0.2, -0.15) is 5.10 Å². The Morgan fingerprint density at radius 1 is 1.40 bits per heavy atom. The van der Waals surface area contributed by atoms with Crippen LogP contribution in [0.4, 0.5) is 4.39 Å². The van der Waals surface area contributed by atoms with Crippen molar-refractivity contribution in [2.75, 3.05) is 0 Å². The van der Waals surface area contributed by atoms with E-state index in [0.717, 1.165) is 12.1 Å². The van der Waals surface area contributed by atoms with Gasteiger partial charge in [-0.15, -0.1) is 0 Å². The molecule has 0 radical (unpaired) electrons. The molecule has 0 bridgehead atoms. The number of carboxylic acid groups (broad SMARTS) is 1. The zero-order valence-corrected chi connectivity index (χ0v) is 11.7. The molecule has 0 spiro atoms. The summed E-state index contributed by atoms with van der Waals surface area (Å²) in [6, 6.07) is 2.91. The topological polar surface area (TPSA) is 55.1 Å². The molecular formula is C15H17FN2O2. The molecule has 1 aromatic carbocycles. The van der Waals surface area contributed by atoms with Crippen LogP contribution in [0.2, 0.25) is 0 Å². The molecule has 1 N–H and O–H groups in total.